The van der Waals surface area contributed by atoms with E-state index in [9.17, 15) is 14.7 Å². The van der Waals surface area contributed by atoms with Gasteiger partial charge in [0.05, 0.1) is 5.41 Å². The highest BCUT2D eigenvalue weighted by Gasteiger charge is 2.38. The molecule has 1 rings (SSSR count). The fraction of sp³-hybridized carbons (Fsp3) is 0.467. The van der Waals surface area contributed by atoms with Gasteiger partial charge in [0.2, 0.25) is 5.91 Å². The van der Waals surface area contributed by atoms with Gasteiger partial charge in [-0.3, -0.25) is 9.59 Å². The van der Waals surface area contributed by atoms with Gasteiger partial charge in [-0.15, -0.1) is 0 Å². The highest BCUT2D eigenvalue weighted by atomic mass is 79.9. The molecule has 1 aromatic carbocycles. The van der Waals surface area contributed by atoms with E-state index in [0.29, 0.717) is 6.54 Å². The molecule has 0 spiro atoms. The van der Waals surface area contributed by atoms with Crippen molar-refractivity contribution in [3.8, 4) is 0 Å². The number of hydrogen-bond donors (Lipinski definition) is 2. The quantitative estimate of drug-likeness (QED) is 0.834. The molecule has 0 bridgehead atoms. The van der Waals surface area contributed by atoms with Crippen molar-refractivity contribution in [3.05, 3.63) is 34.3 Å². The lowest BCUT2D eigenvalue weighted by molar-refractivity contribution is -0.153. The zero-order valence-corrected chi connectivity index (χ0v) is 13.5. The Morgan fingerprint density at radius 1 is 1.35 bits per heavy atom. The van der Waals surface area contributed by atoms with E-state index >= 15 is 0 Å². The van der Waals surface area contributed by atoms with Crippen molar-refractivity contribution < 1.29 is 14.7 Å². The van der Waals surface area contributed by atoms with Crippen LogP contribution in [0.25, 0.3) is 0 Å². The van der Waals surface area contributed by atoms with Crippen molar-refractivity contribution in [3.63, 3.8) is 0 Å². The topological polar surface area (TPSA) is 66.4 Å². The minimum Gasteiger partial charge on any atom is -0.481 e. The lowest BCUT2D eigenvalue weighted by Crippen LogP contribution is -2.39. The third-order valence-corrected chi connectivity index (χ3v) is 4.50. The van der Waals surface area contributed by atoms with Crippen LogP contribution in [-0.2, 0) is 16.1 Å². The van der Waals surface area contributed by atoms with Gasteiger partial charge < -0.3 is 10.4 Å². The molecule has 1 aromatic rings. The predicted molar refractivity (Wildman–Crippen MR) is 81.2 cm³/mol. The Balaban J connectivity index is 2.64. The molecule has 0 saturated heterocycles. The molecule has 2 N–H and O–H groups in total. The van der Waals surface area contributed by atoms with Crippen LogP contribution in [0.3, 0.4) is 0 Å². The van der Waals surface area contributed by atoms with E-state index in [2.05, 4.69) is 21.2 Å². The van der Waals surface area contributed by atoms with E-state index in [0.717, 1.165) is 10.0 Å². The molecule has 1 unspecified atom stereocenters. The number of nitrogens with one attached hydrogen (secondary N) is 1. The Hall–Kier alpha value is -1.36. The van der Waals surface area contributed by atoms with Crippen LogP contribution in [0.5, 0.6) is 0 Å². The number of aliphatic carboxylic acids is 1. The SMILES string of the molecule is CC(C)C(C)(CC(=O)NCc1ccccc1Br)C(=O)O. The van der Waals surface area contributed by atoms with Gasteiger partial charge in [-0.05, 0) is 24.5 Å². The summed E-state index contributed by atoms with van der Waals surface area (Å²) < 4.78 is 0.921. The van der Waals surface area contributed by atoms with Gasteiger partial charge in [0, 0.05) is 17.4 Å². The van der Waals surface area contributed by atoms with Gasteiger partial charge in [-0.1, -0.05) is 48.0 Å². The van der Waals surface area contributed by atoms with E-state index in [1.54, 1.807) is 6.92 Å². The summed E-state index contributed by atoms with van der Waals surface area (Å²) in [5.74, 6) is -1.31. The summed E-state index contributed by atoms with van der Waals surface area (Å²) in [6.45, 7) is 5.62. The number of hydrogen-bond acceptors (Lipinski definition) is 2. The normalized spacial score (nSPS) is 13.8. The van der Waals surface area contributed by atoms with Gasteiger partial charge in [0.25, 0.3) is 0 Å². The Kier molecular flexibility index (Phi) is 5.74. The fourth-order valence-corrected chi connectivity index (χ4v) is 2.18. The Morgan fingerprint density at radius 3 is 2.45 bits per heavy atom. The Morgan fingerprint density at radius 2 is 1.95 bits per heavy atom. The van der Waals surface area contributed by atoms with Crippen LogP contribution < -0.4 is 5.32 Å². The summed E-state index contributed by atoms with van der Waals surface area (Å²) in [7, 11) is 0. The number of carbonyl (C=O) groups excluding carboxylic acids is 1. The zero-order chi connectivity index (χ0) is 15.3. The van der Waals surface area contributed by atoms with Gasteiger partial charge >= 0.3 is 5.97 Å². The van der Waals surface area contributed by atoms with E-state index in [-0.39, 0.29) is 18.2 Å². The van der Waals surface area contributed by atoms with Crippen LogP contribution in [-0.4, -0.2) is 17.0 Å². The zero-order valence-electron chi connectivity index (χ0n) is 11.9. The second-order valence-electron chi connectivity index (χ2n) is 5.42. The minimum atomic E-state index is -1.04. The van der Waals surface area contributed by atoms with Crippen LogP contribution >= 0.6 is 15.9 Å². The first kappa shape index (κ1) is 16.7. The molecule has 110 valence electrons. The van der Waals surface area contributed by atoms with E-state index < -0.39 is 11.4 Å². The number of benzene rings is 1. The first-order chi connectivity index (χ1) is 9.27. The van der Waals surface area contributed by atoms with E-state index in [1.807, 2.05) is 38.1 Å². The molecule has 0 aromatic heterocycles. The molecular formula is C15H20BrNO3. The number of amides is 1. The van der Waals surface area contributed by atoms with Crippen molar-refractivity contribution in [2.24, 2.45) is 11.3 Å². The summed E-state index contributed by atoms with van der Waals surface area (Å²) in [5.41, 5.74) is -0.0831. The van der Waals surface area contributed by atoms with Gasteiger partial charge in [-0.2, -0.15) is 0 Å². The lowest BCUT2D eigenvalue weighted by atomic mass is 9.76. The van der Waals surface area contributed by atoms with E-state index in [4.69, 9.17) is 0 Å². The third kappa shape index (κ3) is 4.07. The fourth-order valence-electron chi connectivity index (χ4n) is 1.76. The van der Waals surface area contributed by atoms with Gasteiger partial charge in [-0.25, -0.2) is 0 Å². The summed E-state index contributed by atoms with van der Waals surface area (Å²) in [6.07, 6.45) is -0.0234. The molecule has 4 nitrogen and oxygen atoms in total. The highest BCUT2D eigenvalue weighted by molar-refractivity contribution is 9.10. The molecule has 0 radical (unpaired) electrons. The number of halogens is 1. The smallest absolute Gasteiger partial charge is 0.310 e. The highest BCUT2D eigenvalue weighted by Crippen LogP contribution is 2.31. The van der Waals surface area contributed by atoms with Gasteiger partial charge in [0.1, 0.15) is 0 Å². The molecular weight excluding hydrogens is 322 g/mol. The van der Waals surface area contributed by atoms with Crippen LogP contribution in [0.15, 0.2) is 28.7 Å². The second-order valence-corrected chi connectivity index (χ2v) is 6.28. The number of carboxylic acid groups (broad SMARTS) is 1. The minimum absolute atomic E-state index is 0.0234. The predicted octanol–water partition coefficient (Wildman–Crippen LogP) is 3.20. The second kappa shape index (κ2) is 6.88. The molecule has 1 atom stereocenters. The Bertz CT molecular complexity index is 502. The molecule has 0 aliphatic rings. The maximum atomic E-state index is 12.0. The molecule has 5 heteroatoms. The largest absolute Gasteiger partial charge is 0.481 e. The molecule has 0 aliphatic heterocycles. The summed E-state index contributed by atoms with van der Waals surface area (Å²) >= 11 is 3.41. The molecule has 20 heavy (non-hydrogen) atoms. The van der Waals surface area contributed by atoms with Crippen LogP contribution in [0.4, 0.5) is 0 Å². The number of carbonyl (C=O) groups is 2. The average Bonchev–Trinajstić information content (AvgIpc) is 2.37. The molecule has 0 fully saturated rings. The monoisotopic (exact) mass is 341 g/mol. The third-order valence-electron chi connectivity index (χ3n) is 3.72. The maximum absolute atomic E-state index is 12.0. The van der Waals surface area contributed by atoms with Gasteiger partial charge in [0.15, 0.2) is 0 Å². The standard InChI is InChI=1S/C15H20BrNO3/c1-10(2)15(3,14(19)20)8-13(18)17-9-11-6-4-5-7-12(11)16/h4-7,10H,8-9H2,1-3H3,(H,17,18)(H,19,20). The van der Waals surface area contributed by atoms with Crippen LogP contribution in [0.1, 0.15) is 32.8 Å². The summed E-state index contributed by atoms with van der Waals surface area (Å²) in [6, 6.07) is 7.59. The number of carboxylic acids is 1. The molecule has 0 saturated carbocycles. The van der Waals surface area contributed by atoms with Crippen molar-refractivity contribution in [1.29, 1.82) is 0 Å². The summed E-state index contributed by atoms with van der Waals surface area (Å²) in [5, 5.41) is 12.1. The summed E-state index contributed by atoms with van der Waals surface area (Å²) in [4.78, 5) is 23.3. The molecule has 1 amide bonds. The Labute approximate surface area is 127 Å². The van der Waals surface area contributed by atoms with Crippen LogP contribution in [0.2, 0.25) is 0 Å². The first-order valence-electron chi connectivity index (χ1n) is 6.51. The van der Waals surface area contributed by atoms with Crippen molar-refractivity contribution >= 4 is 27.8 Å². The molecule has 0 aliphatic carbocycles. The average molecular weight is 342 g/mol. The van der Waals surface area contributed by atoms with Crippen molar-refractivity contribution in [1.82, 2.24) is 5.32 Å². The lowest BCUT2D eigenvalue weighted by Gasteiger charge is -2.28. The van der Waals surface area contributed by atoms with Crippen molar-refractivity contribution in [2.75, 3.05) is 0 Å². The van der Waals surface area contributed by atoms with Crippen LogP contribution in [0, 0.1) is 11.3 Å². The first-order valence-corrected chi connectivity index (χ1v) is 7.30. The number of rotatable bonds is 6. The molecule has 0 heterocycles. The van der Waals surface area contributed by atoms with E-state index in [1.165, 1.54) is 0 Å². The van der Waals surface area contributed by atoms with Crippen molar-refractivity contribution in [2.45, 2.75) is 33.7 Å². The maximum Gasteiger partial charge on any atom is 0.310 e.